The summed E-state index contributed by atoms with van der Waals surface area (Å²) in [7, 11) is 0. The number of nitrogens with zero attached hydrogens (tertiary/aromatic N) is 8. The van der Waals surface area contributed by atoms with E-state index in [1.54, 1.807) is 0 Å². The molecule has 2 fully saturated rings. The van der Waals surface area contributed by atoms with Crippen molar-refractivity contribution in [2.24, 2.45) is 11.8 Å². The van der Waals surface area contributed by atoms with Crippen LogP contribution < -0.4 is 24.3 Å². The van der Waals surface area contributed by atoms with Crippen molar-refractivity contribution >= 4 is 5.95 Å². The first-order valence-electron chi connectivity index (χ1n) is 22.6. The van der Waals surface area contributed by atoms with Gasteiger partial charge in [0.05, 0.1) is 13.2 Å². The molecule has 4 atom stereocenters. The van der Waals surface area contributed by atoms with Crippen LogP contribution in [-0.4, -0.2) is 131 Å². The average molecular weight is 878 g/mol. The van der Waals surface area contributed by atoms with Crippen molar-refractivity contribution in [3.63, 3.8) is 0 Å². The molecule has 0 saturated carbocycles. The van der Waals surface area contributed by atoms with E-state index in [4.69, 9.17) is 38.9 Å². The van der Waals surface area contributed by atoms with E-state index in [9.17, 15) is 10.2 Å². The molecule has 2 aromatic rings. The smallest absolute Gasteiger partial charge is 0.324 e. The van der Waals surface area contributed by atoms with Crippen LogP contribution in [0.5, 0.6) is 24.0 Å². The summed E-state index contributed by atoms with van der Waals surface area (Å²) < 4.78 is 23.8. The summed E-state index contributed by atoms with van der Waals surface area (Å²) in [5.74, 6) is 1.28. The molecule has 4 heterocycles. The van der Waals surface area contributed by atoms with Gasteiger partial charge >= 0.3 is 24.0 Å². The first-order chi connectivity index (χ1) is 29.4. The average Bonchev–Trinajstić information content (AvgIpc) is 3.17. The summed E-state index contributed by atoms with van der Waals surface area (Å²) >= 11 is 0. The zero-order chi connectivity index (χ0) is 46.9. The molecule has 2 aromatic heterocycles. The van der Waals surface area contributed by atoms with Crippen LogP contribution >= 0.6 is 0 Å². The standard InChI is InChI=1S/C48H79N9O6/c1-31(2)27-60-41-50-39(51-42(54-41)61-28-32(3)4)37-35(25-45(9,10)56(21-23-58)47(37,13)14)19-17-18-20-36-26-46(11,12)57(22-24-59)48(15,16)38(36)49-40-52-43(62-29-33(5)6)55-44(53-40)63-30-34(7)8/h35-38,58-59H,1,3,5,7,17-30H2,2,4,6,8-16H3,(H,49,52,53,55). The summed E-state index contributed by atoms with van der Waals surface area (Å²) in [6, 6.07) is 0.600. The van der Waals surface area contributed by atoms with Gasteiger partial charge in [0.2, 0.25) is 5.95 Å². The van der Waals surface area contributed by atoms with Crippen molar-refractivity contribution in [2.75, 3.05) is 58.0 Å². The summed E-state index contributed by atoms with van der Waals surface area (Å²) in [5.41, 5.74) is 2.12. The quantitative estimate of drug-likeness (QED) is 0.0690. The first kappa shape index (κ1) is 51.5. The van der Waals surface area contributed by atoms with Crippen molar-refractivity contribution < 1.29 is 29.2 Å². The van der Waals surface area contributed by atoms with Crippen molar-refractivity contribution in [2.45, 2.75) is 156 Å². The number of aliphatic hydroxyl groups is 2. The van der Waals surface area contributed by atoms with Crippen LogP contribution in [0.1, 0.15) is 133 Å². The predicted octanol–water partition coefficient (Wildman–Crippen LogP) is 7.74. The fourth-order valence-corrected chi connectivity index (χ4v) is 10.4. The van der Waals surface area contributed by atoms with Gasteiger partial charge in [0.1, 0.15) is 32.3 Å². The number of hydrogen-bond donors (Lipinski definition) is 3. The number of hydrogen-bond acceptors (Lipinski definition) is 15. The Hall–Kier alpha value is -4.18. The second kappa shape index (κ2) is 21.7. The molecule has 4 unspecified atom stereocenters. The molecule has 0 radical (unpaired) electrons. The lowest BCUT2D eigenvalue weighted by Crippen LogP contribution is -2.69. The molecular weight excluding hydrogens is 799 g/mol. The SMILES string of the molecule is C=C(C)COc1nc(NC2C(CCCCC3CC(C)(C)N(CCO)C(C)(C)C3c3nc(OCC(=C)C)nc(OCC(=C)C)n3)CC(C)(C)N(CCO)C2(C)C)nc(OCC(=C)C)n1. The lowest BCUT2D eigenvalue weighted by atomic mass is 9.64. The maximum atomic E-state index is 10.3. The van der Waals surface area contributed by atoms with Crippen LogP contribution in [0.4, 0.5) is 5.95 Å². The number of ether oxygens (including phenoxy) is 4. The highest BCUT2D eigenvalue weighted by Crippen LogP contribution is 2.52. The van der Waals surface area contributed by atoms with E-state index in [1.165, 1.54) is 0 Å². The Labute approximate surface area is 377 Å². The van der Waals surface area contributed by atoms with Crippen LogP contribution in [0.25, 0.3) is 0 Å². The van der Waals surface area contributed by atoms with E-state index in [1.807, 2.05) is 27.7 Å². The third-order valence-corrected chi connectivity index (χ3v) is 12.4. The number of anilines is 1. The number of piperidine rings is 2. The maximum absolute atomic E-state index is 10.3. The Balaban J connectivity index is 1.67. The molecule has 4 rings (SSSR count). The lowest BCUT2D eigenvalue weighted by molar-refractivity contribution is -0.0800. The predicted molar refractivity (Wildman–Crippen MR) is 250 cm³/mol. The topological polar surface area (TPSA) is 173 Å². The molecule has 0 bridgehead atoms. The van der Waals surface area contributed by atoms with Gasteiger partial charge in [-0.1, -0.05) is 39.2 Å². The fourth-order valence-electron chi connectivity index (χ4n) is 10.4. The Morgan fingerprint density at radius 1 is 0.571 bits per heavy atom. The van der Waals surface area contributed by atoms with Crippen LogP contribution in [0.3, 0.4) is 0 Å². The van der Waals surface area contributed by atoms with Gasteiger partial charge in [-0.05, 0) is 143 Å². The molecule has 63 heavy (non-hydrogen) atoms. The summed E-state index contributed by atoms with van der Waals surface area (Å²) in [5, 5.41) is 24.3. The minimum absolute atomic E-state index is 0.0383. The van der Waals surface area contributed by atoms with Crippen LogP contribution in [0.2, 0.25) is 0 Å². The number of β-amino-alcohol motifs (C(OH)–C–C–N with tert-alkyl or cyclic N) is 2. The molecule has 2 saturated heterocycles. The van der Waals surface area contributed by atoms with E-state index in [0.717, 1.165) is 60.8 Å². The molecule has 352 valence electrons. The van der Waals surface area contributed by atoms with E-state index in [-0.39, 0.29) is 98.6 Å². The third kappa shape index (κ3) is 13.7. The zero-order valence-electron chi connectivity index (χ0n) is 40.6. The third-order valence-electron chi connectivity index (χ3n) is 12.4. The van der Waals surface area contributed by atoms with Crippen LogP contribution in [-0.2, 0) is 0 Å². The Bertz CT molecular complexity index is 1830. The monoisotopic (exact) mass is 878 g/mol. The number of likely N-dealkylation sites (tertiary alicyclic amines) is 2. The van der Waals surface area contributed by atoms with Gasteiger partial charge in [0, 0.05) is 47.2 Å². The van der Waals surface area contributed by atoms with Crippen LogP contribution in [0, 0.1) is 11.8 Å². The zero-order valence-corrected chi connectivity index (χ0v) is 40.6. The molecule has 15 heteroatoms. The number of unbranched alkanes of at least 4 members (excludes halogenated alkanes) is 1. The number of aliphatic hydroxyl groups excluding tert-OH is 2. The molecule has 0 aromatic carbocycles. The molecule has 0 amide bonds. The highest BCUT2D eigenvalue weighted by atomic mass is 16.5. The number of nitrogens with one attached hydrogen (secondary N) is 1. The highest BCUT2D eigenvalue weighted by molar-refractivity contribution is 5.33. The van der Waals surface area contributed by atoms with Gasteiger partial charge in [-0.25, -0.2) is 0 Å². The van der Waals surface area contributed by atoms with Gasteiger partial charge in [0.25, 0.3) is 0 Å². The Morgan fingerprint density at radius 2 is 0.937 bits per heavy atom. The Kier molecular flexibility index (Phi) is 17.7. The van der Waals surface area contributed by atoms with Crippen molar-refractivity contribution in [1.82, 2.24) is 39.7 Å². The molecule has 0 aliphatic carbocycles. The normalized spacial score (nSPS) is 22.8. The van der Waals surface area contributed by atoms with Gasteiger partial charge < -0.3 is 34.5 Å². The lowest BCUT2D eigenvalue weighted by Gasteiger charge is -2.59. The van der Waals surface area contributed by atoms with Gasteiger partial charge in [-0.15, -0.1) is 9.97 Å². The molecule has 15 nitrogen and oxygen atoms in total. The number of aromatic nitrogens is 6. The second-order valence-electron chi connectivity index (χ2n) is 20.5. The van der Waals surface area contributed by atoms with Crippen LogP contribution in [0.15, 0.2) is 48.6 Å². The second-order valence-corrected chi connectivity index (χ2v) is 20.5. The molecular formula is C48H79N9O6. The van der Waals surface area contributed by atoms with E-state index < -0.39 is 11.1 Å². The molecule has 2 aliphatic heterocycles. The van der Waals surface area contributed by atoms with E-state index in [2.05, 4.69) is 107 Å². The van der Waals surface area contributed by atoms with E-state index in [0.29, 0.717) is 24.9 Å². The van der Waals surface area contributed by atoms with Gasteiger partial charge in [-0.3, -0.25) is 9.80 Å². The van der Waals surface area contributed by atoms with Gasteiger partial charge in [0.15, 0.2) is 0 Å². The minimum atomic E-state index is -0.444. The first-order valence-corrected chi connectivity index (χ1v) is 22.6. The van der Waals surface area contributed by atoms with Gasteiger partial charge in [-0.2, -0.15) is 19.9 Å². The summed E-state index contributed by atoms with van der Waals surface area (Å²) in [4.78, 5) is 33.0. The van der Waals surface area contributed by atoms with Crippen molar-refractivity contribution in [3.8, 4) is 24.0 Å². The Morgan fingerprint density at radius 3 is 1.33 bits per heavy atom. The maximum Gasteiger partial charge on any atom is 0.324 e. The minimum Gasteiger partial charge on any atom is -0.459 e. The summed E-state index contributed by atoms with van der Waals surface area (Å²) in [6.45, 7) is 43.7. The fraction of sp³-hybridized carbons (Fsp3) is 0.708. The summed E-state index contributed by atoms with van der Waals surface area (Å²) in [6.07, 6.45) is 5.62. The van der Waals surface area contributed by atoms with Crippen molar-refractivity contribution in [1.29, 1.82) is 0 Å². The number of rotatable bonds is 24. The molecule has 2 aliphatic rings. The molecule has 0 spiro atoms. The highest BCUT2D eigenvalue weighted by Gasteiger charge is 2.54. The largest absolute Gasteiger partial charge is 0.459 e. The van der Waals surface area contributed by atoms with Crippen molar-refractivity contribution in [3.05, 3.63) is 54.4 Å². The van der Waals surface area contributed by atoms with E-state index >= 15 is 0 Å². The molecule has 3 N–H and O–H groups in total.